The van der Waals surface area contributed by atoms with Gasteiger partial charge in [0.2, 0.25) is 0 Å². The molecule has 1 aliphatic rings. The van der Waals surface area contributed by atoms with Gasteiger partial charge >= 0.3 is 5.97 Å². The highest BCUT2D eigenvalue weighted by Gasteiger charge is 2.20. The van der Waals surface area contributed by atoms with E-state index in [4.69, 9.17) is 20.3 Å². The van der Waals surface area contributed by atoms with Crippen LogP contribution < -0.4 is 15.2 Å². The lowest BCUT2D eigenvalue weighted by atomic mass is 10.1. The molecule has 0 aliphatic carbocycles. The summed E-state index contributed by atoms with van der Waals surface area (Å²) in [6.45, 7) is 0. The van der Waals surface area contributed by atoms with Gasteiger partial charge in [0.1, 0.15) is 0 Å². The second-order valence-electron chi connectivity index (χ2n) is 2.96. The Morgan fingerprint density at radius 1 is 1.43 bits per heavy atom. The summed E-state index contributed by atoms with van der Waals surface area (Å²) in [6, 6.07) is 4.95. The minimum Gasteiger partial charge on any atom is -0.481 e. The molecule has 74 valence electrons. The number of aliphatic carboxylic acids is 1. The molecule has 2 rings (SSSR count). The Bertz CT molecular complexity index is 377. The van der Waals surface area contributed by atoms with Crippen molar-refractivity contribution in [2.24, 2.45) is 5.73 Å². The number of rotatable bonds is 2. The van der Waals surface area contributed by atoms with Crippen LogP contribution in [-0.2, 0) is 11.2 Å². The SMILES string of the molecule is NC1Oc2ccc(CC(=O)O)cc2O1. The minimum atomic E-state index is -0.881. The molecular formula is C9H9NO4. The van der Waals surface area contributed by atoms with E-state index in [0.29, 0.717) is 17.1 Å². The lowest BCUT2D eigenvalue weighted by Gasteiger charge is -2.00. The van der Waals surface area contributed by atoms with Crippen LogP contribution in [0, 0.1) is 0 Å². The fourth-order valence-electron chi connectivity index (χ4n) is 1.30. The minimum absolute atomic E-state index is 0.0358. The second kappa shape index (κ2) is 3.19. The van der Waals surface area contributed by atoms with Crippen LogP contribution >= 0.6 is 0 Å². The summed E-state index contributed by atoms with van der Waals surface area (Å²) >= 11 is 0. The van der Waals surface area contributed by atoms with Crippen molar-refractivity contribution in [2.45, 2.75) is 12.8 Å². The van der Waals surface area contributed by atoms with Crippen molar-refractivity contribution in [3.63, 3.8) is 0 Å². The highest BCUT2D eigenvalue weighted by atomic mass is 16.7. The topological polar surface area (TPSA) is 81.8 Å². The first-order valence-electron chi connectivity index (χ1n) is 4.09. The molecule has 5 nitrogen and oxygen atoms in total. The van der Waals surface area contributed by atoms with Crippen LogP contribution in [0.5, 0.6) is 11.5 Å². The highest BCUT2D eigenvalue weighted by Crippen LogP contribution is 2.34. The smallest absolute Gasteiger partial charge is 0.307 e. The van der Waals surface area contributed by atoms with Crippen molar-refractivity contribution in [2.75, 3.05) is 0 Å². The summed E-state index contributed by atoms with van der Waals surface area (Å²) in [6.07, 6.45) is -0.823. The van der Waals surface area contributed by atoms with E-state index >= 15 is 0 Å². The standard InChI is InChI=1S/C9H9NO4/c10-9-13-6-2-1-5(4-8(11)12)3-7(6)14-9/h1-3,9H,4,10H2,(H,11,12). The number of carboxylic acid groups (broad SMARTS) is 1. The Morgan fingerprint density at radius 2 is 2.14 bits per heavy atom. The first-order chi connectivity index (χ1) is 6.65. The molecule has 5 heteroatoms. The van der Waals surface area contributed by atoms with Crippen LogP contribution in [0.3, 0.4) is 0 Å². The van der Waals surface area contributed by atoms with Gasteiger partial charge in [0, 0.05) is 0 Å². The number of hydrogen-bond donors (Lipinski definition) is 2. The maximum atomic E-state index is 10.4. The second-order valence-corrected chi connectivity index (χ2v) is 2.96. The average molecular weight is 195 g/mol. The van der Waals surface area contributed by atoms with E-state index < -0.39 is 12.4 Å². The van der Waals surface area contributed by atoms with Crippen molar-refractivity contribution in [3.8, 4) is 11.5 Å². The molecule has 1 aromatic rings. The summed E-state index contributed by atoms with van der Waals surface area (Å²) in [5.74, 6) is 0.163. The molecule has 1 aliphatic heterocycles. The molecule has 14 heavy (non-hydrogen) atoms. The average Bonchev–Trinajstić information content (AvgIpc) is 2.42. The predicted molar refractivity (Wildman–Crippen MR) is 47.0 cm³/mol. The van der Waals surface area contributed by atoms with Gasteiger partial charge in [0.15, 0.2) is 11.5 Å². The van der Waals surface area contributed by atoms with Crippen LogP contribution in [0.1, 0.15) is 5.56 Å². The molecule has 1 heterocycles. The summed E-state index contributed by atoms with van der Waals surface area (Å²) in [4.78, 5) is 10.4. The van der Waals surface area contributed by atoms with Crippen LogP contribution in [0.2, 0.25) is 0 Å². The predicted octanol–water partition coefficient (Wildman–Crippen LogP) is 0.327. The number of fused-ring (bicyclic) bond motifs is 1. The lowest BCUT2D eigenvalue weighted by molar-refractivity contribution is -0.136. The Morgan fingerprint density at radius 3 is 2.86 bits per heavy atom. The largest absolute Gasteiger partial charge is 0.481 e. The molecule has 3 N–H and O–H groups in total. The zero-order chi connectivity index (χ0) is 10.1. The first kappa shape index (κ1) is 8.83. The van der Waals surface area contributed by atoms with E-state index in [1.807, 2.05) is 0 Å². The first-order valence-corrected chi connectivity index (χ1v) is 4.09. The van der Waals surface area contributed by atoms with Gasteiger partial charge in [-0.2, -0.15) is 0 Å². The van der Waals surface area contributed by atoms with Gasteiger partial charge in [-0.1, -0.05) is 6.07 Å². The van der Waals surface area contributed by atoms with E-state index in [-0.39, 0.29) is 6.42 Å². The summed E-state index contributed by atoms with van der Waals surface area (Å²) < 4.78 is 10.2. The fourth-order valence-corrected chi connectivity index (χ4v) is 1.30. The zero-order valence-corrected chi connectivity index (χ0v) is 7.27. The van der Waals surface area contributed by atoms with Crippen molar-refractivity contribution in [1.82, 2.24) is 0 Å². The van der Waals surface area contributed by atoms with Crippen molar-refractivity contribution in [1.29, 1.82) is 0 Å². The molecule has 0 bridgehead atoms. The van der Waals surface area contributed by atoms with E-state index in [9.17, 15) is 4.79 Å². The Balaban J connectivity index is 2.24. The normalized spacial score (nSPS) is 18.2. The number of carbonyl (C=O) groups is 1. The van der Waals surface area contributed by atoms with Crippen LogP contribution in [0.15, 0.2) is 18.2 Å². The Kier molecular flexibility index (Phi) is 2.01. The molecule has 0 spiro atoms. The van der Waals surface area contributed by atoms with Crippen molar-refractivity contribution < 1.29 is 19.4 Å². The molecule has 1 aromatic carbocycles. The maximum absolute atomic E-state index is 10.4. The number of hydrogen-bond acceptors (Lipinski definition) is 4. The fraction of sp³-hybridized carbons (Fsp3) is 0.222. The van der Waals surface area contributed by atoms with E-state index in [0.717, 1.165) is 0 Å². The van der Waals surface area contributed by atoms with Gasteiger partial charge in [0.05, 0.1) is 6.42 Å². The molecule has 0 saturated heterocycles. The van der Waals surface area contributed by atoms with Crippen LogP contribution in [0.4, 0.5) is 0 Å². The summed E-state index contributed by atoms with van der Waals surface area (Å²) in [7, 11) is 0. The summed E-state index contributed by atoms with van der Waals surface area (Å²) in [5.41, 5.74) is 6.04. The maximum Gasteiger partial charge on any atom is 0.307 e. The number of ether oxygens (including phenoxy) is 2. The van der Waals surface area contributed by atoms with Crippen molar-refractivity contribution >= 4 is 5.97 Å². The molecule has 1 atom stereocenters. The molecule has 0 radical (unpaired) electrons. The van der Waals surface area contributed by atoms with E-state index in [2.05, 4.69) is 0 Å². The third-order valence-electron chi connectivity index (χ3n) is 1.85. The monoisotopic (exact) mass is 195 g/mol. The molecule has 0 aromatic heterocycles. The number of carboxylic acids is 1. The van der Waals surface area contributed by atoms with E-state index in [1.165, 1.54) is 0 Å². The molecule has 0 amide bonds. The van der Waals surface area contributed by atoms with Gasteiger partial charge in [-0.05, 0) is 17.7 Å². The number of benzene rings is 1. The zero-order valence-electron chi connectivity index (χ0n) is 7.27. The molecular weight excluding hydrogens is 186 g/mol. The van der Waals surface area contributed by atoms with Crippen molar-refractivity contribution in [3.05, 3.63) is 23.8 Å². The quantitative estimate of drug-likeness (QED) is 0.710. The Hall–Kier alpha value is -1.75. The van der Waals surface area contributed by atoms with Gasteiger partial charge in [0.25, 0.3) is 6.41 Å². The van der Waals surface area contributed by atoms with Gasteiger partial charge < -0.3 is 14.6 Å². The molecule has 0 fully saturated rings. The third kappa shape index (κ3) is 1.62. The van der Waals surface area contributed by atoms with Gasteiger partial charge in [-0.15, -0.1) is 0 Å². The van der Waals surface area contributed by atoms with Crippen LogP contribution in [-0.4, -0.2) is 17.5 Å². The number of nitrogens with two attached hydrogens (primary N) is 1. The van der Waals surface area contributed by atoms with E-state index in [1.54, 1.807) is 18.2 Å². The molecule has 1 unspecified atom stereocenters. The third-order valence-corrected chi connectivity index (χ3v) is 1.85. The highest BCUT2D eigenvalue weighted by molar-refractivity contribution is 5.70. The van der Waals surface area contributed by atoms with Gasteiger partial charge in [-0.25, -0.2) is 0 Å². The molecule has 0 saturated carbocycles. The lowest BCUT2D eigenvalue weighted by Crippen LogP contribution is -2.28. The van der Waals surface area contributed by atoms with Gasteiger partial charge in [-0.3, -0.25) is 10.5 Å². The van der Waals surface area contributed by atoms with Crippen LogP contribution in [0.25, 0.3) is 0 Å². The summed E-state index contributed by atoms with van der Waals surface area (Å²) in [5, 5.41) is 8.57. The Labute approximate surface area is 80.0 Å².